The Kier molecular flexibility index (Phi) is 11.2. The molecular formula is C29H38Br2N4O4. The quantitative estimate of drug-likeness (QED) is 0.178. The van der Waals surface area contributed by atoms with E-state index >= 15 is 0 Å². The summed E-state index contributed by atoms with van der Waals surface area (Å²) in [7, 11) is 8.74. The molecule has 4 amide bonds. The fourth-order valence-corrected chi connectivity index (χ4v) is 5.35. The molecule has 10 heteroatoms. The van der Waals surface area contributed by atoms with Gasteiger partial charge < -0.3 is 42.9 Å². The first-order valence-electron chi connectivity index (χ1n) is 13.1. The monoisotopic (exact) mass is 664 g/mol. The van der Waals surface area contributed by atoms with E-state index in [2.05, 4.69) is 28.2 Å². The van der Waals surface area contributed by atoms with E-state index in [0.717, 1.165) is 54.4 Å². The van der Waals surface area contributed by atoms with Crippen LogP contribution in [0.2, 0.25) is 0 Å². The lowest BCUT2D eigenvalue weighted by molar-refractivity contribution is -0.909. The molecule has 4 rings (SSSR count). The molecule has 2 aromatic rings. The normalized spacial score (nSPS) is 14.8. The fourth-order valence-electron chi connectivity index (χ4n) is 5.35. The number of carbonyl (C=O) groups is 4. The molecule has 39 heavy (non-hydrogen) atoms. The Morgan fingerprint density at radius 3 is 1.03 bits per heavy atom. The molecule has 2 heterocycles. The highest BCUT2D eigenvalue weighted by Gasteiger charge is 2.36. The van der Waals surface area contributed by atoms with Gasteiger partial charge in [0.1, 0.15) is 0 Å². The number of hydrogen-bond acceptors (Lipinski definition) is 4. The zero-order chi connectivity index (χ0) is 26.8. The summed E-state index contributed by atoms with van der Waals surface area (Å²) in [5.74, 6) is -0.755. The molecule has 212 valence electrons. The third-order valence-corrected chi connectivity index (χ3v) is 7.57. The predicted molar refractivity (Wildman–Crippen MR) is 141 cm³/mol. The number of quaternary nitrogens is 2. The van der Waals surface area contributed by atoms with Crippen LogP contribution in [-0.4, -0.2) is 110 Å². The Bertz CT molecular complexity index is 1070. The van der Waals surface area contributed by atoms with Crippen LogP contribution >= 0.6 is 0 Å². The van der Waals surface area contributed by atoms with Crippen LogP contribution in [0, 0.1) is 0 Å². The molecule has 0 atom stereocenters. The minimum atomic E-state index is -0.189. The maximum Gasteiger partial charge on any atom is 0.261 e. The van der Waals surface area contributed by atoms with Gasteiger partial charge in [-0.05, 0) is 24.3 Å². The molecule has 0 fully saturated rings. The third-order valence-electron chi connectivity index (χ3n) is 7.57. The molecule has 0 saturated carbocycles. The number of nitrogens with zero attached hydrogens (tertiary/aromatic N) is 4. The molecule has 0 aliphatic carbocycles. The molecule has 2 aliphatic rings. The molecule has 0 radical (unpaired) electrons. The number of halogens is 2. The van der Waals surface area contributed by atoms with Gasteiger partial charge in [-0.2, -0.15) is 0 Å². The minimum Gasteiger partial charge on any atom is -1.00 e. The van der Waals surface area contributed by atoms with Crippen molar-refractivity contribution < 1.29 is 62.1 Å². The lowest BCUT2D eigenvalue weighted by Crippen LogP contribution is -3.00. The van der Waals surface area contributed by atoms with E-state index in [9.17, 15) is 19.2 Å². The van der Waals surface area contributed by atoms with Crippen molar-refractivity contribution in [2.45, 2.75) is 19.3 Å². The van der Waals surface area contributed by atoms with E-state index in [1.54, 1.807) is 48.5 Å². The van der Waals surface area contributed by atoms with Gasteiger partial charge in [0.05, 0.1) is 76.6 Å². The average Bonchev–Trinajstić information content (AvgIpc) is 3.24. The van der Waals surface area contributed by atoms with E-state index in [1.165, 1.54) is 9.80 Å². The van der Waals surface area contributed by atoms with Crippen LogP contribution in [0.1, 0.15) is 60.7 Å². The summed E-state index contributed by atoms with van der Waals surface area (Å²) in [6.07, 6.45) is 2.55. The molecule has 2 aliphatic heterocycles. The predicted octanol–water partition coefficient (Wildman–Crippen LogP) is -3.09. The number of imide groups is 2. The van der Waals surface area contributed by atoms with Crippen molar-refractivity contribution in [2.75, 3.05) is 67.5 Å². The zero-order valence-corrected chi connectivity index (χ0v) is 26.3. The van der Waals surface area contributed by atoms with Crippen molar-refractivity contribution in [3.05, 3.63) is 70.8 Å². The van der Waals surface area contributed by atoms with Crippen LogP contribution in [0.5, 0.6) is 0 Å². The van der Waals surface area contributed by atoms with E-state index in [1.807, 2.05) is 0 Å². The molecule has 0 aromatic heterocycles. The van der Waals surface area contributed by atoms with Gasteiger partial charge in [0.2, 0.25) is 0 Å². The minimum absolute atomic E-state index is 0. The van der Waals surface area contributed by atoms with Gasteiger partial charge in [0, 0.05) is 32.4 Å². The van der Waals surface area contributed by atoms with Gasteiger partial charge in [-0.3, -0.25) is 29.0 Å². The van der Waals surface area contributed by atoms with Crippen LogP contribution in [0.15, 0.2) is 48.5 Å². The summed E-state index contributed by atoms with van der Waals surface area (Å²) < 4.78 is 1.64. The second kappa shape index (κ2) is 13.3. The van der Waals surface area contributed by atoms with E-state index < -0.39 is 0 Å². The molecule has 0 spiro atoms. The fraction of sp³-hybridized carbons (Fsp3) is 0.448. The Labute approximate surface area is 252 Å². The highest BCUT2D eigenvalue weighted by atomic mass is 79.9. The van der Waals surface area contributed by atoms with Crippen molar-refractivity contribution in [1.29, 1.82) is 0 Å². The van der Waals surface area contributed by atoms with Crippen molar-refractivity contribution in [3.8, 4) is 0 Å². The number of amides is 4. The smallest absolute Gasteiger partial charge is 0.261 e. The van der Waals surface area contributed by atoms with Gasteiger partial charge in [0.25, 0.3) is 23.6 Å². The topological polar surface area (TPSA) is 74.8 Å². The van der Waals surface area contributed by atoms with Crippen molar-refractivity contribution in [1.82, 2.24) is 9.80 Å². The lowest BCUT2D eigenvalue weighted by Gasteiger charge is -2.34. The van der Waals surface area contributed by atoms with E-state index in [0.29, 0.717) is 35.3 Å². The summed E-state index contributed by atoms with van der Waals surface area (Å²) in [6.45, 7) is 4.60. The van der Waals surface area contributed by atoms with Crippen LogP contribution in [-0.2, 0) is 0 Å². The molecular weight excluding hydrogens is 628 g/mol. The maximum atomic E-state index is 12.6. The zero-order valence-electron chi connectivity index (χ0n) is 23.2. The summed E-state index contributed by atoms with van der Waals surface area (Å²) in [5.41, 5.74) is 2.02. The number of fused-ring (bicyclic) bond motifs is 2. The van der Waals surface area contributed by atoms with Gasteiger partial charge in [-0.15, -0.1) is 0 Å². The Hall–Kier alpha value is -2.40. The maximum absolute atomic E-state index is 12.6. The van der Waals surface area contributed by atoms with Gasteiger partial charge >= 0.3 is 0 Å². The van der Waals surface area contributed by atoms with E-state index in [-0.39, 0.29) is 57.6 Å². The Morgan fingerprint density at radius 2 is 0.744 bits per heavy atom. The number of hydrogen-bond donors (Lipinski definition) is 0. The van der Waals surface area contributed by atoms with E-state index in [4.69, 9.17) is 0 Å². The van der Waals surface area contributed by atoms with Gasteiger partial charge in [-0.1, -0.05) is 24.3 Å². The molecule has 0 N–H and O–H groups in total. The summed E-state index contributed by atoms with van der Waals surface area (Å²) >= 11 is 0. The van der Waals surface area contributed by atoms with Crippen LogP contribution in [0.4, 0.5) is 0 Å². The molecule has 2 aromatic carbocycles. The molecule has 0 unspecified atom stereocenters. The Balaban J connectivity index is 0.00000267. The summed E-state index contributed by atoms with van der Waals surface area (Å²) in [5, 5.41) is 0. The largest absolute Gasteiger partial charge is 1.00 e. The van der Waals surface area contributed by atoms with Crippen molar-refractivity contribution in [3.63, 3.8) is 0 Å². The summed E-state index contributed by atoms with van der Waals surface area (Å²) in [4.78, 5) is 53.0. The molecule has 0 saturated heterocycles. The highest BCUT2D eigenvalue weighted by Crippen LogP contribution is 2.24. The second-order valence-electron chi connectivity index (χ2n) is 11.4. The van der Waals surface area contributed by atoms with Crippen molar-refractivity contribution in [2.24, 2.45) is 0 Å². The van der Waals surface area contributed by atoms with Crippen LogP contribution < -0.4 is 34.0 Å². The Morgan fingerprint density at radius 1 is 0.487 bits per heavy atom. The number of benzene rings is 2. The molecule has 8 nitrogen and oxygen atoms in total. The second-order valence-corrected chi connectivity index (χ2v) is 11.4. The average molecular weight is 666 g/mol. The highest BCUT2D eigenvalue weighted by molar-refractivity contribution is 6.22. The third kappa shape index (κ3) is 7.42. The standard InChI is InChI=1S/C29H38N4O4.2BrH/c1-32(2,18-9-16-30-26(34)22-12-5-6-13-23(22)27(30)35)20-11-21-33(3,4)19-10-17-31-28(36)24-14-7-8-15-25(24)29(31)37;;/h5-8,12-15H,9-11,16-21H2,1-4H3;2*1H/q+2;;/p-2. The van der Waals surface area contributed by atoms with Crippen LogP contribution in [0.25, 0.3) is 0 Å². The van der Waals surface area contributed by atoms with Gasteiger partial charge in [-0.25, -0.2) is 0 Å². The van der Waals surface area contributed by atoms with Crippen LogP contribution in [0.3, 0.4) is 0 Å². The van der Waals surface area contributed by atoms with Gasteiger partial charge in [0.15, 0.2) is 0 Å². The first-order chi connectivity index (χ1) is 17.5. The SMILES string of the molecule is C[N+](C)(CCCN1C(=O)c2ccccc2C1=O)CCC[N+](C)(C)CCCN1C(=O)c2ccccc2C1=O.[Br-].[Br-]. The summed E-state index contributed by atoms with van der Waals surface area (Å²) in [6, 6.07) is 14.0. The molecule has 0 bridgehead atoms. The van der Waals surface area contributed by atoms with Crippen molar-refractivity contribution >= 4 is 23.6 Å². The first kappa shape index (κ1) is 32.8. The number of rotatable bonds is 12. The lowest BCUT2D eigenvalue weighted by atomic mass is 10.1. The first-order valence-corrected chi connectivity index (χ1v) is 13.1. The number of carbonyl (C=O) groups excluding carboxylic acids is 4.